The van der Waals surface area contributed by atoms with Crippen LogP contribution in [0.15, 0.2) is 35.6 Å². The minimum atomic E-state index is -0.214. The Kier molecular flexibility index (Phi) is 4.93. The number of aliphatic imine (C=N–C) groups is 1. The number of benzene rings is 1. The third-order valence-electron chi connectivity index (χ3n) is 4.21. The van der Waals surface area contributed by atoms with E-state index >= 15 is 0 Å². The van der Waals surface area contributed by atoms with Gasteiger partial charge >= 0.3 is 0 Å². The fourth-order valence-electron chi connectivity index (χ4n) is 2.76. The standard InChI is InChI=1S/C16H22FN7/c1-2-22-12-20-21-15(22)11-19-16(18)24-9-7-23(8-10-24)14-5-3-13(17)4-6-14/h3-6,12H,2,7-11H2,1H3,(H2,18,19). The Morgan fingerprint density at radius 3 is 2.58 bits per heavy atom. The second kappa shape index (κ2) is 7.29. The van der Waals surface area contributed by atoms with E-state index in [1.807, 2.05) is 11.5 Å². The van der Waals surface area contributed by atoms with Crippen LogP contribution in [0.3, 0.4) is 0 Å². The molecule has 1 aromatic carbocycles. The zero-order valence-electron chi connectivity index (χ0n) is 13.8. The molecule has 0 atom stereocenters. The van der Waals surface area contributed by atoms with Gasteiger partial charge in [0.2, 0.25) is 0 Å². The van der Waals surface area contributed by atoms with Gasteiger partial charge in [0.15, 0.2) is 11.8 Å². The molecule has 0 aliphatic carbocycles. The van der Waals surface area contributed by atoms with E-state index < -0.39 is 0 Å². The van der Waals surface area contributed by atoms with Gasteiger partial charge in [-0.3, -0.25) is 0 Å². The zero-order valence-corrected chi connectivity index (χ0v) is 13.8. The molecule has 1 fully saturated rings. The van der Waals surface area contributed by atoms with Crippen LogP contribution in [-0.2, 0) is 13.1 Å². The molecule has 1 aliphatic heterocycles. The molecular formula is C16H22FN7. The predicted molar refractivity (Wildman–Crippen MR) is 91.2 cm³/mol. The number of aromatic nitrogens is 3. The number of nitrogens with two attached hydrogens (primary N) is 1. The Bertz CT molecular complexity index is 687. The number of piperazine rings is 1. The number of aryl methyl sites for hydroxylation is 1. The van der Waals surface area contributed by atoms with Gasteiger partial charge in [-0.05, 0) is 31.2 Å². The lowest BCUT2D eigenvalue weighted by Crippen LogP contribution is -2.51. The number of hydrogen-bond acceptors (Lipinski definition) is 4. The highest BCUT2D eigenvalue weighted by Gasteiger charge is 2.18. The Hall–Kier alpha value is -2.64. The molecule has 0 unspecified atom stereocenters. The minimum absolute atomic E-state index is 0.214. The Morgan fingerprint density at radius 2 is 1.92 bits per heavy atom. The maximum absolute atomic E-state index is 13.0. The number of anilines is 1. The van der Waals surface area contributed by atoms with Crippen molar-refractivity contribution in [2.24, 2.45) is 10.7 Å². The molecule has 24 heavy (non-hydrogen) atoms. The largest absolute Gasteiger partial charge is 0.370 e. The van der Waals surface area contributed by atoms with E-state index in [0.717, 1.165) is 44.2 Å². The number of halogens is 1. The number of rotatable bonds is 4. The van der Waals surface area contributed by atoms with Crippen LogP contribution in [-0.4, -0.2) is 51.8 Å². The molecule has 128 valence electrons. The summed E-state index contributed by atoms with van der Waals surface area (Å²) >= 11 is 0. The Labute approximate surface area is 140 Å². The highest BCUT2D eigenvalue weighted by atomic mass is 19.1. The molecule has 3 rings (SSSR count). The number of nitrogens with zero attached hydrogens (tertiary/aromatic N) is 6. The zero-order chi connectivity index (χ0) is 16.9. The Balaban J connectivity index is 1.55. The molecule has 7 nitrogen and oxygen atoms in total. The summed E-state index contributed by atoms with van der Waals surface area (Å²) in [5.41, 5.74) is 7.14. The summed E-state index contributed by atoms with van der Waals surface area (Å²) in [6.07, 6.45) is 1.70. The van der Waals surface area contributed by atoms with E-state index in [4.69, 9.17) is 5.73 Å². The van der Waals surface area contributed by atoms with Gasteiger partial charge in [-0.1, -0.05) is 0 Å². The molecule has 0 bridgehead atoms. The van der Waals surface area contributed by atoms with Gasteiger partial charge < -0.3 is 20.1 Å². The van der Waals surface area contributed by atoms with Gasteiger partial charge in [-0.2, -0.15) is 0 Å². The first-order chi connectivity index (χ1) is 11.7. The lowest BCUT2D eigenvalue weighted by molar-refractivity contribution is 0.380. The summed E-state index contributed by atoms with van der Waals surface area (Å²) in [5.74, 6) is 1.12. The smallest absolute Gasteiger partial charge is 0.191 e. The molecule has 0 spiro atoms. The van der Waals surface area contributed by atoms with Gasteiger partial charge in [-0.25, -0.2) is 9.38 Å². The van der Waals surface area contributed by atoms with E-state index in [1.165, 1.54) is 12.1 Å². The normalized spacial score (nSPS) is 15.8. The van der Waals surface area contributed by atoms with Crippen molar-refractivity contribution in [3.05, 3.63) is 42.2 Å². The number of guanidine groups is 1. The van der Waals surface area contributed by atoms with Gasteiger partial charge in [0.05, 0.1) is 0 Å². The Morgan fingerprint density at radius 1 is 1.21 bits per heavy atom. The van der Waals surface area contributed by atoms with Crippen LogP contribution in [0.1, 0.15) is 12.7 Å². The van der Waals surface area contributed by atoms with Crippen molar-refractivity contribution in [2.45, 2.75) is 20.0 Å². The quantitative estimate of drug-likeness (QED) is 0.670. The molecule has 1 aromatic heterocycles. The van der Waals surface area contributed by atoms with Gasteiger partial charge in [0.1, 0.15) is 18.7 Å². The van der Waals surface area contributed by atoms with Crippen LogP contribution in [0.5, 0.6) is 0 Å². The second-order valence-corrected chi connectivity index (χ2v) is 5.66. The lowest BCUT2D eigenvalue weighted by Gasteiger charge is -2.36. The summed E-state index contributed by atoms with van der Waals surface area (Å²) in [4.78, 5) is 8.72. The molecule has 0 amide bonds. The minimum Gasteiger partial charge on any atom is -0.370 e. The molecule has 8 heteroatoms. The third-order valence-corrected chi connectivity index (χ3v) is 4.21. The first-order valence-corrected chi connectivity index (χ1v) is 8.09. The highest BCUT2D eigenvalue weighted by Crippen LogP contribution is 2.16. The van der Waals surface area contributed by atoms with Crippen LogP contribution >= 0.6 is 0 Å². The van der Waals surface area contributed by atoms with Crippen LogP contribution in [0.4, 0.5) is 10.1 Å². The van der Waals surface area contributed by atoms with Crippen LogP contribution in [0.2, 0.25) is 0 Å². The summed E-state index contributed by atoms with van der Waals surface area (Å²) in [6.45, 7) is 6.50. The molecule has 1 aliphatic rings. The van der Waals surface area contributed by atoms with Crippen molar-refractivity contribution >= 4 is 11.6 Å². The molecule has 2 heterocycles. The van der Waals surface area contributed by atoms with Gasteiger partial charge in [0, 0.05) is 38.4 Å². The highest BCUT2D eigenvalue weighted by molar-refractivity contribution is 5.78. The molecule has 0 radical (unpaired) electrons. The average Bonchev–Trinajstić information content (AvgIpc) is 3.08. The second-order valence-electron chi connectivity index (χ2n) is 5.66. The van der Waals surface area contributed by atoms with Crippen molar-refractivity contribution < 1.29 is 4.39 Å². The average molecular weight is 331 g/mol. The summed E-state index contributed by atoms with van der Waals surface area (Å²) in [7, 11) is 0. The molecular weight excluding hydrogens is 309 g/mol. The molecule has 1 saturated heterocycles. The molecule has 2 N–H and O–H groups in total. The maximum atomic E-state index is 13.0. The predicted octanol–water partition coefficient (Wildman–Crippen LogP) is 1.07. The fraction of sp³-hybridized carbons (Fsp3) is 0.438. The summed E-state index contributed by atoms with van der Waals surface area (Å²) in [6, 6.07) is 6.59. The van der Waals surface area contributed by atoms with E-state index in [9.17, 15) is 4.39 Å². The van der Waals surface area contributed by atoms with Crippen LogP contribution in [0, 0.1) is 5.82 Å². The molecule has 2 aromatic rings. The van der Waals surface area contributed by atoms with Crippen molar-refractivity contribution in [3.63, 3.8) is 0 Å². The third kappa shape index (κ3) is 3.64. The topological polar surface area (TPSA) is 75.6 Å². The molecule has 0 saturated carbocycles. The first-order valence-electron chi connectivity index (χ1n) is 8.09. The monoisotopic (exact) mass is 331 g/mol. The summed E-state index contributed by atoms with van der Waals surface area (Å²) in [5, 5.41) is 7.94. The van der Waals surface area contributed by atoms with Crippen LogP contribution < -0.4 is 10.6 Å². The van der Waals surface area contributed by atoms with Crippen molar-refractivity contribution in [1.29, 1.82) is 0 Å². The fourth-order valence-corrected chi connectivity index (χ4v) is 2.76. The van der Waals surface area contributed by atoms with Gasteiger partial charge in [-0.15, -0.1) is 10.2 Å². The van der Waals surface area contributed by atoms with E-state index in [-0.39, 0.29) is 5.82 Å². The van der Waals surface area contributed by atoms with Crippen molar-refractivity contribution in [1.82, 2.24) is 19.7 Å². The van der Waals surface area contributed by atoms with Gasteiger partial charge in [0.25, 0.3) is 0 Å². The van der Waals surface area contributed by atoms with E-state index in [2.05, 4.69) is 25.0 Å². The first kappa shape index (κ1) is 16.2. The number of hydrogen-bond donors (Lipinski definition) is 1. The van der Waals surface area contributed by atoms with Crippen molar-refractivity contribution in [3.8, 4) is 0 Å². The lowest BCUT2D eigenvalue weighted by atomic mass is 10.2. The van der Waals surface area contributed by atoms with E-state index in [0.29, 0.717) is 12.5 Å². The van der Waals surface area contributed by atoms with E-state index in [1.54, 1.807) is 18.5 Å². The van der Waals surface area contributed by atoms with Crippen molar-refractivity contribution in [2.75, 3.05) is 31.1 Å². The SMILES string of the molecule is CCn1cnnc1CN=C(N)N1CCN(c2ccc(F)cc2)CC1. The van der Waals surface area contributed by atoms with Crippen LogP contribution in [0.25, 0.3) is 0 Å². The maximum Gasteiger partial charge on any atom is 0.191 e. The summed E-state index contributed by atoms with van der Waals surface area (Å²) < 4.78 is 15.0.